The summed E-state index contributed by atoms with van der Waals surface area (Å²) in [4.78, 5) is 12.1. The molecule has 0 radical (unpaired) electrons. The number of rotatable bonds is 6. The molecule has 118 valence electrons. The fourth-order valence-electron chi connectivity index (χ4n) is 2.31. The second-order valence-corrected chi connectivity index (χ2v) is 5.85. The largest absolute Gasteiger partial charge is 0.385 e. The lowest BCUT2D eigenvalue weighted by Gasteiger charge is -2.26. The Morgan fingerprint density at radius 2 is 2.43 bits per heavy atom. The molecule has 0 aliphatic carbocycles. The molecule has 1 fully saturated rings. The molecule has 2 heterocycles. The molecule has 0 saturated carbocycles. The first-order valence-corrected chi connectivity index (χ1v) is 7.69. The van der Waals surface area contributed by atoms with Gasteiger partial charge in [0.1, 0.15) is 10.6 Å². The van der Waals surface area contributed by atoms with Gasteiger partial charge in [-0.25, -0.2) is 4.68 Å². The minimum Gasteiger partial charge on any atom is -0.385 e. The van der Waals surface area contributed by atoms with Gasteiger partial charge < -0.3 is 15.2 Å². The number of aryl methyl sites for hydroxylation is 1. The Bertz CT molecular complexity index is 549. The van der Waals surface area contributed by atoms with Crippen molar-refractivity contribution in [3.05, 3.63) is 21.6 Å². The van der Waals surface area contributed by atoms with Crippen LogP contribution in [0.5, 0.6) is 0 Å². The zero-order valence-corrected chi connectivity index (χ0v) is 13.2. The first-order valence-electron chi connectivity index (χ1n) is 7.31. The molecule has 0 aromatic carbocycles. The van der Waals surface area contributed by atoms with Gasteiger partial charge in [0.2, 0.25) is 0 Å². The van der Waals surface area contributed by atoms with Crippen molar-refractivity contribution in [3.8, 4) is 0 Å². The van der Waals surface area contributed by atoms with Crippen LogP contribution >= 0.6 is 11.6 Å². The van der Waals surface area contributed by atoms with Gasteiger partial charge in [-0.05, 0) is 13.3 Å². The van der Waals surface area contributed by atoms with Gasteiger partial charge in [0.25, 0.3) is 5.56 Å². The Morgan fingerprint density at radius 1 is 1.67 bits per heavy atom. The van der Waals surface area contributed by atoms with Crippen LogP contribution in [0.1, 0.15) is 33.1 Å². The highest BCUT2D eigenvalue weighted by atomic mass is 35.5. The van der Waals surface area contributed by atoms with Crippen LogP contribution in [0.3, 0.4) is 0 Å². The second-order valence-electron chi connectivity index (χ2n) is 5.47. The zero-order chi connectivity index (χ0) is 15.5. The van der Waals surface area contributed by atoms with E-state index in [0.29, 0.717) is 25.3 Å². The fraction of sp³-hybridized carbons (Fsp3) is 0.714. The average molecular weight is 316 g/mol. The van der Waals surface area contributed by atoms with Gasteiger partial charge in [-0.1, -0.05) is 24.9 Å². The van der Waals surface area contributed by atoms with Crippen molar-refractivity contribution in [2.45, 2.75) is 51.4 Å². The number of nitrogens with one attached hydrogen (secondary N) is 1. The zero-order valence-electron chi connectivity index (χ0n) is 12.4. The van der Waals surface area contributed by atoms with Crippen LogP contribution in [-0.4, -0.2) is 39.7 Å². The normalized spacial score (nSPS) is 25.2. The van der Waals surface area contributed by atoms with Gasteiger partial charge in [0.05, 0.1) is 18.0 Å². The maximum atomic E-state index is 12.1. The highest BCUT2D eigenvalue weighted by molar-refractivity contribution is 6.32. The lowest BCUT2D eigenvalue weighted by Crippen LogP contribution is -2.43. The molecule has 0 bridgehead atoms. The molecular formula is C14H22ClN3O3. The van der Waals surface area contributed by atoms with Crippen LogP contribution in [0.4, 0.5) is 5.69 Å². The molecular weight excluding hydrogens is 294 g/mol. The third-order valence-electron chi connectivity index (χ3n) is 3.95. The summed E-state index contributed by atoms with van der Waals surface area (Å²) >= 11 is 6.10. The summed E-state index contributed by atoms with van der Waals surface area (Å²) in [6.45, 7) is 5.24. The van der Waals surface area contributed by atoms with Gasteiger partial charge in [-0.15, -0.1) is 0 Å². The maximum Gasteiger partial charge on any atom is 0.287 e. The van der Waals surface area contributed by atoms with Gasteiger partial charge in [-0.2, -0.15) is 5.10 Å². The van der Waals surface area contributed by atoms with Crippen molar-refractivity contribution in [2.24, 2.45) is 0 Å². The van der Waals surface area contributed by atoms with E-state index < -0.39 is 5.60 Å². The molecule has 7 heteroatoms. The first-order chi connectivity index (χ1) is 9.98. The number of unbranched alkanes of at least 4 members (excludes halogenated alkanes) is 1. The smallest absolute Gasteiger partial charge is 0.287 e. The standard InChI is InChI=1S/C14H22ClN3O3/c1-3-4-6-18-13(19)12(15)11(8-17-18)16-9-14(20)5-7-21-10(14)2/h8,10,16,20H,3-7,9H2,1-2H3. The fourth-order valence-corrected chi connectivity index (χ4v) is 2.52. The van der Waals surface area contributed by atoms with E-state index in [1.807, 2.05) is 13.8 Å². The Balaban J connectivity index is 2.07. The molecule has 2 unspecified atom stereocenters. The van der Waals surface area contributed by atoms with Gasteiger partial charge >= 0.3 is 0 Å². The number of aliphatic hydroxyl groups is 1. The highest BCUT2D eigenvalue weighted by Crippen LogP contribution is 2.26. The number of aromatic nitrogens is 2. The first kappa shape index (κ1) is 16.3. The molecule has 0 spiro atoms. The molecule has 2 atom stereocenters. The van der Waals surface area contributed by atoms with Crippen molar-refractivity contribution in [1.82, 2.24) is 9.78 Å². The molecule has 1 aromatic rings. The molecule has 21 heavy (non-hydrogen) atoms. The molecule has 0 amide bonds. The lowest BCUT2D eigenvalue weighted by atomic mass is 9.97. The summed E-state index contributed by atoms with van der Waals surface area (Å²) in [6, 6.07) is 0. The molecule has 1 aliphatic heterocycles. The van der Waals surface area contributed by atoms with Crippen molar-refractivity contribution in [2.75, 3.05) is 18.5 Å². The third kappa shape index (κ3) is 3.56. The van der Waals surface area contributed by atoms with Crippen molar-refractivity contribution >= 4 is 17.3 Å². The van der Waals surface area contributed by atoms with Crippen LogP contribution in [-0.2, 0) is 11.3 Å². The van der Waals surface area contributed by atoms with E-state index in [1.54, 1.807) is 0 Å². The van der Waals surface area contributed by atoms with E-state index in [4.69, 9.17) is 16.3 Å². The number of hydrogen-bond acceptors (Lipinski definition) is 5. The molecule has 1 saturated heterocycles. The third-order valence-corrected chi connectivity index (χ3v) is 4.32. The summed E-state index contributed by atoms with van der Waals surface area (Å²) in [5, 5.41) is 17.6. The van der Waals surface area contributed by atoms with Crippen molar-refractivity contribution in [3.63, 3.8) is 0 Å². The predicted molar refractivity (Wildman–Crippen MR) is 81.9 cm³/mol. The van der Waals surface area contributed by atoms with E-state index in [2.05, 4.69) is 10.4 Å². The molecule has 1 aromatic heterocycles. The van der Waals surface area contributed by atoms with Crippen molar-refractivity contribution < 1.29 is 9.84 Å². The second kappa shape index (κ2) is 6.77. The summed E-state index contributed by atoms with van der Waals surface area (Å²) in [7, 11) is 0. The van der Waals surface area contributed by atoms with Crippen LogP contribution in [0.25, 0.3) is 0 Å². The molecule has 2 rings (SSSR count). The SMILES string of the molecule is CCCCn1ncc(NCC2(O)CCOC2C)c(Cl)c1=O. The topological polar surface area (TPSA) is 76.4 Å². The summed E-state index contributed by atoms with van der Waals surface area (Å²) in [5.41, 5.74) is -0.805. The number of anilines is 1. The quantitative estimate of drug-likeness (QED) is 0.834. The van der Waals surface area contributed by atoms with Gasteiger partial charge in [-0.3, -0.25) is 4.79 Å². The number of halogens is 1. The summed E-state index contributed by atoms with van der Waals surface area (Å²) < 4.78 is 6.74. The summed E-state index contributed by atoms with van der Waals surface area (Å²) in [5.74, 6) is 0. The molecule has 2 N–H and O–H groups in total. The molecule has 6 nitrogen and oxygen atoms in total. The number of hydrogen-bond donors (Lipinski definition) is 2. The maximum absolute atomic E-state index is 12.1. The van der Waals surface area contributed by atoms with Gasteiger partial charge in [0, 0.05) is 26.1 Å². The minimum absolute atomic E-state index is 0.108. The van der Waals surface area contributed by atoms with Crippen LogP contribution in [0.2, 0.25) is 5.02 Å². The van der Waals surface area contributed by atoms with Crippen LogP contribution in [0.15, 0.2) is 11.0 Å². The van der Waals surface area contributed by atoms with Crippen molar-refractivity contribution in [1.29, 1.82) is 0 Å². The predicted octanol–water partition coefficient (Wildman–Crippen LogP) is 1.65. The Morgan fingerprint density at radius 3 is 3.05 bits per heavy atom. The van der Waals surface area contributed by atoms with E-state index in [9.17, 15) is 9.90 Å². The summed E-state index contributed by atoms with van der Waals surface area (Å²) in [6.07, 6.45) is 3.70. The number of ether oxygens (including phenoxy) is 1. The van der Waals surface area contributed by atoms with E-state index in [-0.39, 0.29) is 23.2 Å². The van der Waals surface area contributed by atoms with E-state index in [1.165, 1.54) is 10.9 Å². The Kier molecular flexibility index (Phi) is 5.24. The molecule has 1 aliphatic rings. The minimum atomic E-state index is -0.944. The number of nitrogens with zero attached hydrogens (tertiary/aromatic N) is 2. The van der Waals surface area contributed by atoms with E-state index >= 15 is 0 Å². The van der Waals surface area contributed by atoms with Crippen LogP contribution < -0.4 is 10.9 Å². The highest BCUT2D eigenvalue weighted by Gasteiger charge is 2.39. The average Bonchev–Trinajstić information content (AvgIpc) is 2.79. The Labute approximate surface area is 129 Å². The van der Waals surface area contributed by atoms with Gasteiger partial charge in [0.15, 0.2) is 0 Å². The lowest BCUT2D eigenvalue weighted by molar-refractivity contribution is -0.0176. The Hall–Kier alpha value is -1.11. The van der Waals surface area contributed by atoms with Crippen LogP contribution in [0, 0.1) is 0 Å². The monoisotopic (exact) mass is 315 g/mol. The van der Waals surface area contributed by atoms with E-state index in [0.717, 1.165) is 12.8 Å².